The maximum atomic E-state index is 11.7. The lowest BCUT2D eigenvalue weighted by Gasteiger charge is -2.06. The molecule has 1 aromatic carbocycles. The van der Waals surface area contributed by atoms with Gasteiger partial charge >= 0.3 is 6.03 Å². The summed E-state index contributed by atoms with van der Waals surface area (Å²) >= 11 is 0. The van der Waals surface area contributed by atoms with Crippen molar-refractivity contribution in [3.8, 4) is 0 Å². The Kier molecular flexibility index (Phi) is 5.10. The summed E-state index contributed by atoms with van der Waals surface area (Å²) in [6, 6.07) is 8.06. The molecule has 0 radical (unpaired) electrons. The number of H-pyrrole nitrogens is 1. The van der Waals surface area contributed by atoms with Crippen molar-refractivity contribution in [2.75, 3.05) is 13.1 Å². The molecule has 2 heterocycles. The van der Waals surface area contributed by atoms with E-state index in [9.17, 15) is 4.79 Å². The van der Waals surface area contributed by atoms with Crippen molar-refractivity contribution in [2.45, 2.75) is 26.2 Å². The zero-order valence-electron chi connectivity index (χ0n) is 13.6. The number of fused-ring (bicyclic) bond motifs is 1. The van der Waals surface area contributed by atoms with E-state index in [1.807, 2.05) is 18.3 Å². The van der Waals surface area contributed by atoms with Gasteiger partial charge in [0.1, 0.15) is 0 Å². The molecule has 24 heavy (non-hydrogen) atoms. The number of aromatic amines is 1. The Hall–Kier alpha value is -2.83. The lowest BCUT2D eigenvalue weighted by atomic mass is 10.1. The average Bonchev–Trinajstić information content (AvgIpc) is 3.18. The maximum absolute atomic E-state index is 11.7. The van der Waals surface area contributed by atoms with Crippen LogP contribution in [0.15, 0.2) is 35.0 Å². The van der Waals surface area contributed by atoms with E-state index in [1.54, 1.807) is 6.92 Å². The van der Waals surface area contributed by atoms with Crippen LogP contribution in [-0.2, 0) is 12.8 Å². The van der Waals surface area contributed by atoms with E-state index >= 15 is 0 Å². The summed E-state index contributed by atoms with van der Waals surface area (Å²) in [5.41, 5.74) is 2.43. The van der Waals surface area contributed by atoms with Crippen molar-refractivity contribution in [3.63, 3.8) is 0 Å². The summed E-state index contributed by atoms with van der Waals surface area (Å²) in [4.78, 5) is 19.1. The molecule has 3 rings (SSSR count). The first-order chi connectivity index (χ1) is 11.7. The average molecular weight is 327 g/mol. The number of aromatic nitrogens is 3. The van der Waals surface area contributed by atoms with Crippen molar-refractivity contribution < 1.29 is 9.32 Å². The van der Waals surface area contributed by atoms with Crippen molar-refractivity contribution >= 4 is 16.9 Å². The Bertz CT molecular complexity index is 808. The van der Waals surface area contributed by atoms with Gasteiger partial charge in [-0.15, -0.1) is 0 Å². The smallest absolute Gasteiger partial charge is 0.314 e. The number of amides is 2. The molecule has 2 aromatic heterocycles. The number of carbonyl (C=O) groups excluding carboxylic acids is 1. The van der Waals surface area contributed by atoms with Crippen LogP contribution in [0.4, 0.5) is 4.79 Å². The molecule has 2 amide bonds. The number of nitrogens with one attached hydrogen (secondary N) is 3. The third-order valence-corrected chi connectivity index (χ3v) is 3.78. The highest BCUT2D eigenvalue weighted by Crippen LogP contribution is 2.18. The first-order valence-corrected chi connectivity index (χ1v) is 8.08. The van der Waals surface area contributed by atoms with Crippen LogP contribution in [0.2, 0.25) is 0 Å². The summed E-state index contributed by atoms with van der Waals surface area (Å²) in [7, 11) is 0. The van der Waals surface area contributed by atoms with Crippen LogP contribution in [0.3, 0.4) is 0 Å². The van der Waals surface area contributed by atoms with Gasteiger partial charge in [-0.2, -0.15) is 4.98 Å². The van der Waals surface area contributed by atoms with Crippen LogP contribution >= 0.6 is 0 Å². The van der Waals surface area contributed by atoms with Gasteiger partial charge in [-0.1, -0.05) is 23.4 Å². The van der Waals surface area contributed by atoms with E-state index in [4.69, 9.17) is 4.52 Å². The maximum Gasteiger partial charge on any atom is 0.314 e. The Labute approximate surface area is 139 Å². The van der Waals surface area contributed by atoms with Gasteiger partial charge in [0.05, 0.1) is 0 Å². The third-order valence-electron chi connectivity index (χ3n) is 3.78. The highest BCUT2D eigenvalue weighted by atomic mass is 16.5. The van der Waals surface area contributed by atoms with Crippen molar-refractivity contribution in [3.05, 3.63) is 47.7 Å². The minimum absolute atomic E-state index is 0.176. The number of urea groups is 1. The lowest BCUT2D eigenvalue weighted by Crippen LogP contribution is -2.37. The Morgan fingerprint density at radius 3 is 2.88 bits per heavy atom. The predicted molar refractivity (Wildman–Crippen MR) is 90.8 cm³/mol. The van der Waals surface area contributed by atoms with E-state index < -0.39 is 0 Å². The number of aryl methyl sites for hydroxylation is 2. The molecule has 0 atom stereocenters. The zero-order valence-corrected chi connectivity index (χ0v) is 13.6. The molecule has 0 aliphatic rings. The highest BCUT2D eigenvalue weighted by Gasteiger charge is 2.05. The van der Waals surface area contributed by atoms with E-state index in [0.29, 0.717) is 31.2 Å². The molecule has 0 saturated carbocycles. The van der Waals surface area contributed by atoms with E-state index in [2.05, 4.69) is 37.9 Å². The standard InChI is InChI=1S/C17H21N5O2/c1-12-21-16(24-22-12)8-10-19-17(23)18-9-4-5-13-11-20-15-7-3-2-6-14(13)15/h2-3,6-7,11,20H,4-5,8-10H2,1H3,(H2,18,19,23). The summed E-state index contributed by atoms with van der Waals surface area (Å²) in [6.45, 7) is 2.86. The number of para-hydroxylation sites is 1. The molecule has 0 bridgehead atoms. The number of hydrogen-bond donors (Lipinski definition) is 3. The topological polar surface area (TPSA) is 95.8 Å². The second kappa shape index (κ2) is 7.63. The highest BCUT2D eigenvalue weighted by molar-refractivity contribution is 5.83. The molecule has 7 nitrogen and oxygen atoms in total. The minimum Gasteiger partial charge on any atom is -0.361 e. The Morgan fingerprint density at radius 1 is 1.21 bits per heavy atom. The molecule has 0 fully saturated rings. The predicted octanol–water partition coefficient (Wildman–Crippen LogP) is 2.33. The van der Waals surface area contributed by atoms with Crippen molar-refractivity contribution in [2.24, 2.45) is 0 Å². The first-order valence-electron chi connectivity index (χ1n) is 8.08. The molecule has 3 N–H and O–H groups in total. The molecule has 7 heteroatoms. The number of rotatable bonds is 7. The number of nitrogens with zero attached hydrogens (tertiary/aromatic N) is 2. The van der Waals surface area contributed by atoms with Gasteiger partial charge in [0, 0.05) is 36.6 Å². The van der Waals surface area contributed by atoms with Gasteiger partial charge in [0.15, 0.2) is 5.82 Å². The van der Waals surface area contributed by atoms with Crippen LogP contribution in [0.1, 0.15) is 23.7 Å². The zero-order chi connectivity index (χ0) is 16.8. The van der Waals surface area contributed by atoms with Gasteiger partial charge in [-0.25, -0.2) is 4.79 Å². The Morgan fingerprint density at radius 2 is 2.04 bits per heavy atom. The Balaban J connectivity index is 1.33. The summed E-state index contributed by atoms with van der Waals surface area (Å²) in [5.74, 6) is 1.14. The third kappa shape index (κ3) is 4.13. The van der Waals surface area contributed by atoms with Gasteiger partial charge < -0.3 is 20.1 Å². The van der Waals surface area contributed by atoms with Gasteiger partial charge in [-0.05, 0) is 31.4 Å². The molecular formula is C17H21N5O2. The molecule has 0 saturated heterocycles. The van der Waals surface area contributed by atoms with Crippen LogP contribution in [-0.4, -0.2) is 34.2 Å². The van der Waals surface area contributed by atoms with Gasteiger partial charge in [0.25, 0.3) is 0 Å². The molecule has 0 aliphatic heterocycles. The van der Waals surface area contributed by atoms with Gasteiger partial charge in [-0.3, -0.25) is 0 Å². The van der Waals surface area contributed by atoms with E-state index in [0.717, 1.165) is 18.4 Å². The second-order valence-corrected chi connectivity index (χ2v) is 5.63. The van der Waals surface area contributed by atoms with Crippen LogP contribution in [0.25, 0.3) is 10.9 Å². The fourth-order valence-electron chi connectivity index (χ4n) is 2.61. The molecular weight excluding hydrogens is 306 g/mol. The monoisotopic (exact) mass is 327 g/mol. The molecule has 126 valence electrons. The largest absolute Gasteiger partial charge is 0.361 e. The number of carbonyl (C=O) groups is 1. The summed E-state index contributed by atoms with van der Waals surface area (Å²) < 4.78 is 4.99. The van der Waals surface area contributed by atoms with Crippen LogP contribution < -0.4 is 10.6 Å². The first kappa shape index (κ1) is 16.0. The van der Waals surface area contributed by atoms with Crippen LogP contribution in [0, 0.1) is 6.92 Å². The fraction of sp³-hybridized carbons (Fsp3) is 0.353. The minimum atomic E-state index is -0.176. The van der Waals surface area contributed by atoms with E-state index in [1.165, 1.54) is 10.9 Å². The SMILES string of the molecule is Cc1noc(CCNC(=O)NCCCc2c[nH]c3ccccc23)n1. The van der Waals surface area contributed by atoms with Crippen molar-refractivity contribution in [1.82, 2.24) is 25.8 Å². The fourth-order valence-corrected chi connectivity index (χ4v) is 2.61. The molecule has 3 aromatic rings. The summed E-state index contributed by atoms with van der Waals surface area (Å²) in [5, 5.41) is 10.6. The van der Waals surface area contributed by atoms with Crippen LogP contribution in [0.5, 0.6) is 0 Å². The molecule has 0 spiro atoms. The second-order valence-electron chi connectivity index (χ2n) is 5.63. The molecule has 0 unspecified atom stereocenters. The number of hydrogen-bond acceptors (Lipinski definition) is 4. The van der Waals surface area contributed by atoms with E-state index in [-0.39, 0.29) is 6.03 Å². The van der Waals surface area contributed by atoms with Crippen molar-refractivity contribution in [1.29, 1.82) is 0 Å². The lowest BCUT2D eigenvalue weighted by molar-refractivity contribution is 0.240. The quantitative estimate of drug-likeness (QED) is 0.580. The number of benzene rings is 1. The molecule has 0 aliphatic carbocycles. The van der Waals surface area contributed by atoms with Gasteiger partial charge in [0.2, 0.25) is 5.89 Å². The normalized spacial score (nSPS) is 10.9. The summed E-state index contributed by atoms with van der Waals surface area (Å²) in [6.07, 6.45) is 4.38.